The second kappa shape index (κ2) is 6.90. The molecule has 2 heterocycles. The number of thioether (sulfide) groups is 1. The van der Waals surface area contributed by atoms with E-state index in [0.717, 1.165) is 25.0 Å². The van der Waals surface area contributed by atoms with Gasteiger partial charge in [0.2, 0.25) is 0 Å². The molecule has 2 aliphatic rings. The first kappa shape index (κ1) is 16.3. The van der Waals surface area contributed by atoms with Crippen molar-refractivity contribution in [1.29, 1.82) is 0 Å². The predicted molar refractivity (Wildman–Crippen MR) is 93.5 cm³/mol. The van der Waals surface area contributed by atoms with Gasteiger partial charge in [-0.05, 0) is 36.6 Å². The largest absolute Gasteiger partial charge is 0.504 e. The SMILES string of the molecule is COc1cc(/C=C2\SC(=S)N(C[C@@H]3CCCO3)C2=O)ccc1O. The number of rotatable bonds is 4. The van der Waals surface area contributed by atoms with Gasteiger partial charge in [-0.15, -0.1) is 0 Å². The van der Waals surface area contributed by atoms with Crippen molar-refractivity contribution in [2.75, 3.05) is 20.3 Å². The summed E-state index contributed by atoms with van der Waals surface area (Å²) in [4.78, 5) is 14.7. The molecule has 1 aromatic rings. The van der Waals surface area contributed by atoms with Crippen LogP contribution in [0.1, 0.15) is 18.4 Å². The van der Waals surface area contributed by atoms with E-state index in [1.807, 2.05) is 0 Å². The summed E-state index contributed by atoms with van der Waals surface area (Å²) < 4.78 is 11.2. The van der Waals surface area contributed by atoms with Crippen LogP contribution < -0.4 is 4.74 Å². The molecule has 3 rings (SSSR count). The van der Waals surface area contributed by atoms with Crippen molar-refractivity contribution in [2.24, 2.45) is 0 Å². The molecule has 1 amide bonds. The summed E-state index contributed by atoms with van der Waals surface area (Å²) in [5.74, 6) is 0.340. The van der Waals surface area contributed by atoms with Gasteiger partial charge in [-0.2, -0.15) is 0 Å². The molecular formula is C16H17NO4S2. The molecule has 0 radical (unpaired) electrons. The zero-order valence-electron chi connectivity index (χ0n) is 12.7. The molecule has 23 heavy (non-hydrogen) atoms. The van der Waals surface area contributed by atoms with Crippen molar-refractivity contribution in [2.45, 2.75) is 18.9 Å². The van der Waals surface area contributed by atoms with Crippen molar-refractivity contribution < 1.29 is 19.4 Å². The van der Waals surface area contributed by atoms with E-state index in [2.05, 4.69) is 0 Å². The third-order valence-electron chi connectivity index (χ3n) is 3.79. The summed E-state index contributed by atoms with van der Waals surface area (Å²) >= 11 is 6.61. The monoisotopic (exact) mass is 351 g/mol. The Morgan fingerprint density at radius 2 is 2.39 bits per heavy atom. The van der Waals surface area contributed by atoms with E-state index >= 15 is 0 Å². The minimum atomic E-state index is -0.0949. The number of thiocarbonyl (C=S) groups is 1. The van der Waals surface area contributed by atoms with E-state index in [0.29, 0.717) is 21.5 Å². The number of phenols is 1. The van der Waals surface area contributed by atoms with E-state index in [-0.39, 0.29) is 17.8 Å². The van der Waals surface area contributed by atoms with Gasteiger partial charge >= 0.3 is 0 Å². The fourth-order valence-corrected chi connectivity index (χ4v) is 3.86. The molecule has 0 saturated carbocycles. The van der Waals surface area contributed by atoms with Crippen molar-refractivity contribution in [3.63, 3.8) is 0 Å². The van der Waals surface area contributed by atoms with Gasteiger partial charge in [-0.1, -0.05) is 30.0 Å². The van der Waals surface area contributed by atoms with Crippen LogP contribution in [0.2, 0.25) is 0 Å². The lowest BCUT2D eigenvalue weighted by atomic mass is 10.2. The minimum Gasteiger partial charge on any atom is -0.504 e. The lowest BCUT2D eigenvalue weighted by molar-refractivity contribution is -0.123. The first-order chi connectivity index (χ1) is 11.1. The molecule has 1 atom stereocenters. The molecule has 7 heteroatoms. The number of carbonyl (C=O) groups is 1. The average Bonchev–Trinajstić information content (AvgIpc) is 3.14. The van der Waals surface area contributed by atoms with Gasteiger partial charge in [0.05, 0.1) is 24.7 Å². The van der Waals surface area contributed by atoms with Crippen LogP contribution in [0, 0.1) is 0 Å². The first-order valence-corrected chi connectivity index (χ1v) is 8.55. The van der Waals surface area contributed by atoms with Gasteiger partial charge in [0.15, 0.2) is 11.5 Å². The summed E-state index contributed by atoms with van der Waals surface area (Å²) in [5.41, 5.74) is 0.775. The Balaban J connectivity index is 1.78. The van der Waals surface area contributed by atoms with Crippen molar-refractivity contribution in [1.82, 2.24) is 4.90 Å². The molecule has 122 valence electrons. The third kappa shape index (κ3) is 3.52. The Morgan fingerprint density at radius 1 is 1.57 bits per heavy atom. The molecular weight excluding hydrogens is 334 g/mol. The number of nitrogens with zero attached hydrogens (tertiary/aromatic N) is 1. The normalized spacial score (nSPS) is 23.1. The number of amides is 1. The molecule has 0 bridgehead atoms. The maximum Gasteiger partial charge on any atom is 0.266 e. The molecule has 1 N–H and O–H groups in total. The molecule has 2 fully saturated rings. The summed E-state index contributed by atoms with van der Waals surface area (Å²) in [6.45, 7) is 1.27. The molecule has 0 aliphatic carbocycles. The fraction of sp³-hybridized carbons (Fsp3) is 0.375. The maximum absolute atomic E-state index is 12.5. The number of hydrogen-bond acceptors (Lipinski definition) is 6. The highest BCUT2D eigenvalue weighted by atomic mass is 32.2. The van der Waals surface area contributed by atoms with Crippen LogP contribution in [0.4, 0.5) is 0 Å². The molecule has 2 aliphatic heterocycles. The van der Waals surface area contributed by atoms with Gasteiger partial charge < -0.3 is 14.6 Å². The van der Waals surface area contributed by atoms with Gasteiger partial charge in [0, 0.05) is 6.61 Å². The Hall–Kier alpha value is -1.57. The minimum absolute atomic E-state index is 0.0654. The Morgan fingerprint density at radius 3 is 3.09 bits per heavy atom. The van der Waals surface area contributed by atoms with Crippen molar-refractivity contribution in [3.8, 4) is 11.5 Å². The number of aromatic hydroxyl groups is 1. The average molecular weight is 351 g/mol. The zero-order valence-corrected chi connectivity index (χ0v) is 14.3. The van der Waals surface area contributed by atoms with Gasteiger partial charge in [0.25, 0.3) is 5.91 Å². The Kier molecular flexibility index (Phi) is 4.89. The van der Waals surface area contributed by atoms with Gasteiger partial charge in [-0.3, -0.25) is 9.69 Å². The first-order valence-electron chi connectivity index (χ1n) is 7.32. The van der Waals surface area contributed by atoms with Crippen molar-refractivity contribution in [3.05, 3.63) is 28.7 Å². The molecule has 0 unspecified atom stereocenters. The van der Waals surface area contributed by atoms with E-state index in [1.54, 1.807) is 23.1 Å². The van der Waals surface area contributed by atoms with Gasteiger partial charge in [0.1, 0.15) is 4.32 Å². The molecule has 5 nitrogen and oxygen atoms in total. The third-order valence-corrected chi connectivity index (χ3v) is 5.16. The Bertz CT molecular complexity index is 668. The van der Waals surface area contributed by atoms with Crippen LogP contribution in [0.25, 0.3) is 6.08 Å². The van der Waals surface area contributed by atoms with Gasteiger partial charge in [-0.25, -0.2) is 0 Å². The van der Waals surface area contributed by atoms with Crippen LogP contribution in [-0.4, -0.2) is 46.6 Å². The van der Waals surface area contributed by atoms with E-state index in [9.17, 15) is 9.90 Å². The highest BCUT2D eigenvalue weighted by molar-refractivity contribution is 8.26. The maximum atomic E-state index is 12.5. The van der Waals surface area contributed by atoms with Crippen LogP contribution in [0.15, 0.2) is 23.1 Å². The number of carbonyl (C=O) groups excluding carboxylic acids is 1. The molecule has 0 spiro atoms. The zero-order chi connectivity index (χ0) is 16.4. The van der Waals surface area contributed by atoms with Crippen LogP contribution in [-0.2, 0) is 9.53 Å². The molecule has 1 aromatic carbocycles. The summed E-state index contributed by atoms with van der Waals surface area (Å²) in [6, 6.07) is 4.95. The topological polar surface area (TPSA) is 59.0 Å². The summed E-state index contributed by atoms with van der Waals surface area (Å²) in [6.07, 6.45) is 3.83. The fourth-order valence-electron chi connectivity index (χ4n) is 2.58. The highest BCUT2D eigenvalue weighted by Crippen LogP contribution is 2.35. The van der Waals surface area contributed by atoms with Crippen LogP contribution in [0.3, 0.4) is 0 Å². The number of phenolic OH excluding ortho intramolecular Hbond substituents is 1. The number of benzene rings is 1. The Labute approximate surface area is 144 Å². The lowest BCUT2D eigenvalue weighted by Crippen LogP contribution is -2.35. The number of hydrogen-bond donors (Lipinski definition) is 1. The van der Waals surface area contributed by atoms with Crippen LogP contribution >= 0.6 is 24.0 Å². The summed E-state index contributed by atoms with van der Waals surface area (Å²) in [7, 11) is 1.49. The summed E-state index contributed by atoms with van der Waals surface area (Å²) in [5, 5.41) is 9.63. The van der Waals surface area contributed by atoms with E-state index in [1.165, 1.54) is 24.9 Å². The number of methoxy groups -OCH3 is 1. The second-order valence-electron chi connectivity index (χ2n) is 5.36. The smallest absolute Gasteiger partial charge is 0.266 e. The van der Waals surface area contributed by atoms with Crippen LogP contribution in [0.5, 0.6) is 11.5 Å². The highest BCUT2D eigenvalue weighted by Gasteiger charge is 2.34. The van der Waals surface area contributed by atoms with Crippen molar-refractivity contribution >= 4 is 40.3 Å². The lowest BCUT2D eigenvalue weighted by Gasteiger charge is -2.18. The van der Waals surface area contributed by atoms with E-state index in [4.69, 9.17) is 21.7 Å². The predicted octanol–water partition coefficient (Wildman–Crippen LogP) is 2.78. The quantitative estimate of drug-likeness (QED) is 0.665. The molecule has 2 saturated heterocycles. The van der Waals surface area contributed by atoms with E-state index < -0.39 is 0 Å². The second-order valence-corrected chi connectivity index (χ2v) is 7.03. The molecule has 0 aromatic heterocycles. The number of ether oxygens (including phenoxy) is 2. The standard InChI is InChI=1S/C16H17NO4S2/c1-20-13-7-10(4-5-12(13)18)8-14-15(19)17(16(22)23-14)9-11-3-2-6-21-11/h4-5,7-8,11,18H,2-3,6,9H2,1H3/b14-8-/t11-/m0/s1.